The number of fused-ring (bicyclic) bond motifs is 3. The number of nitrogens with zero attached hydrogens (tertiary/aromatic N) is 2. The molecule has 0 saturated carbocycles. The largest absolute Gasteiger partial charge is 0.367 e. The summed E-state index contributed by atoms with van der Waals surface area (Å²) < 4.78 is 14.0. The number of aromatic amines is 1. The lowest BCUT2D eigenvalue weighted by Crippen LogP contribution is -2.47. The highest BCUT2D eigenvalue weighted by Gasteiger charge is 2.29. The number of anilines is 1. The van der Waals surface area contributed by atoms with Crippen LogP contribution in [0.3, 0.4) is 0 Å². The monoisotopic (exact) mass is 434 g/mol. The molecule has 0 radical (unpaired) electrons. The summed E-state index contributed by atoms with van der Waals surface area (Å²) in [6.07, 6.45) is 3.93. The van der Waals surface area contributed by atoms with E-state index in [0.29, 0.717) is 12.2 Å². The van der Waals surface area contributed by atoms with E-state index >= 15 is 0 Å². The summed E-state index contributed by atoms with van der Waals surface area (Å²) in [6.45, 7) is 5.15. The Balaban J connectivity index is 1.09. The molecule has 1 saturated heterocycles. The lowest BCUT2D eigenvalue weighted by Gasteiger charge is -2.36. The third-order valence-corrected chi connectivity index (χ3v) is 6.95. The number of carbonyl (C=O) groups excluding carboxylic acids is 1. The number of aromatic nitrogens is 1. The van der Waals surface area contributed by atoms with Crippen LogP contribution in [0.1, 0.15) is 36.4 Å². The SMILES string of the molecule is O=C(NCCCN1CCN(c2ccccc2F)CC1)[C@@H]1CCCc2c1[nH]c1ccccc21. The number of piperazine rings is 1. The lowest BCUT2D eigenvalue weighted by molar-refractivity contribution is -0.122. The normalized spacial score (nSPS) is 19.2. The first kappa shape index (κ1) is 21.0. The van der Waals surface area contributed by atoms with E-state index < -0.39 is 0 Å². The van der Waals surface area contributed by atoms with Crippen molar-refractivity contribution in [3.05, 3.63) is 65.6 Å². The van der Waals surface area contributed by atoms with Gasteiger partial charge in [-0.05, 0) is 56.0 Å². The van der Waals surface area contributed by atoms with Crippen molar-refractivity contribution < 1.29 is 9.18 Å². The third kappa shape index (κ3) is 4.24. The topological polar surface area (TPSA) is 51.4 Å². The van der Waals surface area contributed by atoms with Gasteiger partial charge in [0, 0.05) is 49.3 Å². The van der Waals surface area contributed by atoms with E-state index in [1.165, 1.54) is 17.0 Å². The van der Waals surface area contributed by atoms with E-state index in [9.17, 15) is 9.18 Å². The van der Waals surface area contributed by atoms with Crippen molar-refractivity contribution in [3.63, 3.8) is 0 Å². The second-order valence-electron chi connectivity index (χ2n) is 8.93. The molecule has 2 N–H and O–H groups in total. The maximum atomic E-state index is 14.0. The number of amides is 1. The third-order valence-electron chi connectivity index (χ3n) is 6.95. The van der Waals surface area contributed by atoms with Crippen molar-refractivity contribution in [1.29, 1.82) is 0 Å². The van der Waals surface area contributed by atoms with Crippen LogP contribution in [0.2, 0.25) is 0 Å². The second kappa shape index (κ2) is 9.33. The van der Waals surface area contributed by atoms with E-state index in [0.717, 1.165) is 69.6 Å². The Labute approximate surface area is 188 Å². The molecular weight excluding hydrogens is 403 g/mol. The molecule has 1 aromatic heterocycles. The van der Waals surface area contributed by atoms with Gasteiger partial charge in [-0.1, -0.05) is 30.3 Å². The zero-order valence-corrected chi connectivity index (χ0v) is 18.4. The van der Waals surface area contributed by atoms with Gasteiger partial charge >= 0.3 is 0 Å². The first-order valence-corrected chi connectivity index (χ1v) is 11.8. The molecule has 0 bridgehead atoms. The minimum atomic E-state index is -0.149. The van der Waals surface area contributed by atoms with Crippen LogP contribution < -0.4 is 10.2 Å². The number of benzene rings is 2. The van der Waals surface area contributed by atoms with E-state index in [2.05, 4.69) is 38.3 Å². The Kier molecular flexibility index (Phi) is 6.12. The number of hydrogen-bond donors (Lipinski definition) is 2. The molecule has 5 nitrogen and oxygen atoms in total. The first-order valence-electron chi connectivity index (χ1n) is 11.8. The summed E-state index contributed by atoms with van der Waals surface area (Å²) in [5.74, 6) is -0.0816. The molecule has 1 aliphatic carbocycles. The van der Waals surface area contributed by atoms with Crippen LogP contribution in [0.25, 0.3) is 10.9 Å². The fourth-order valence-corrected chi connectivity index (χ4v) is 5.24. The van der Waals surface area contributed by atoms with Gasteiger partial charge in [-0.25, -0.2) is 4.39 Å². The molecule has 32 heavy (non-hydrogen) atoms. The Morgan fingerprint density at radius 1 is 1.06 bits per heavy atom. The minimum Gasteiger partial charge on any atom is -0.367 e. The van der Waals surface area contributed by atoms with Gasteiger partial charge in [0.1, 0.15) is 5.82 Å². The van der Waals surface area contributed by atoms with Crippen LogP contribution in [0.4, 0.5) is 10.1 Å². The Morgan fingerprint density at radius 2 is 1.84 bits per heavy atom. The standard InChI is InChI=1S/C26H31FN4O/c27-22-10-2-4-12-24(22)31-17-15-30(16-18-31)14-6-13-28-26(32)21-9-5-8-20-19-7-1-3-11-23(19)29-25(20)21/h1-4,7,10-12,21,29H,5-6,8-9,13-18H2,(H,28,32)/t21-/m1/s1. The molecule has 0 unspecified atom stereocenters. The summed E-state index contributed by atoms with van der Waals surface area (Å²) in [4.78, 5) is 21.0. The highest BCUT2D eigenvalue weighted by molar-refractivity contribution is 5.90. The molecular formula is C26H31FN4O. The molecule has 6 heteroatoms. The molecule has 3 aromatic rings. The van der Waals surface area contributed by atoms with Gasteiger partial charge < -0.3 is 15.2 Å². The van der Waals surface area contributed by atoms with Gasteiger partial charge in [-0.15, -0.1) is 0 Å². The lowest BCUT2D eigenvalue weighted by atomic mass is 9.86. The summed E-state index contributed by atoms with van der Waals surface area (Å²) in [6, 6.07) is 15.3. The molecule has 2 aromatic carbocycles. The van der Waals surface area contributed by atoms with Crippen molar-refractivity contribution in [2.24, 2.45) is 0 Å². The highest BCUT2D eigenvalue weighted by atomic mass is 19.1. The van der Waals surface area contributed by atoms with Crippen molar-refractivity contribution in [2.75, 3.05) is 44.2 Å². The van der Waals surface area contributed by atoms with Crippen molar-refractivity contribution in [3.8, 4) is 0 Å². The number of hydrogen-bond acceptors (Lipinski definition) is 3. The summed E-state index contributed by atoms with van der Waals surface area (Å²) in [5.41, 5.74) is 4.26. The predicted molar refractivity (Wildman–Crippen MR) is 127 cm³/mol. The molecule has 0 spiro atoms. The van der Waals surface area contributed by atoms with E-state index in [1.54, 1.807) is 6.07 Å². The van der Waals surface area contributed by atoms with Crippen molar-refractivity contribution >= 4 is 22.5 Å². The maximum Gasteiger partial charge on any atom is 0.229 e. The molecule has 2 aliphatic rings. The quantitative estimate of drug-likeness (QED) is 0.576. The van der Waals surface area contributed by atoms with Gasteiger partial charge in [0.2, 0.25) is 5.91 Å². The second-order valence-corrected chi connectivity index (χ2v) is 8.93. The maximum absolute atomic E-state index is 14.0. The predicted octanol–water partition coefficient (Wildman–Crippen LogP) is 4.06. The van der Waals surface area contributed by atoms with E-state index in [-0.39, 0.29) is 17.6 Å². The van der Waals surface area contributed by atoms with Gasteiger partial charge in [0.15, 0.2) is 0 Å². The number of halogens is 1. The van der Waals surface area contributed by atoms with Gasteiger partial charge in [0.05, 0.1) is 11.6 Å². The summed E-state index contributed by atoms with van der Waals surface area (Å²) in [5, 5.41) is 4.43. The molecule has 168 valence electrons. The smallest absolute Gasteiger partial charge is 0.229 e. The average molecular weight is 435 g/mol. The van der Waals surface area contributed by atoms with Crippen LogP contribution >= 0.6 is 0 Å². The van der Waals surface area contributed by atoms with E-state index in [1.807, 2.05) is 18.2 Å². The van der Waals surface area contributed by atoms with Crippen LogP contribution in [-0.4, -0.2) is 55.1 Å². The molecule has 1 fully saturated rings. The fraction of sp³-hybridized carbons (Fsp3) is 0.423. The molecule has 2 heterocycles. The Hall–Kier alpha value is -2.86. The average Bonchev–Trinajstić information content (AvgIpc) is 3.21. The Bertz CT molecular complexity index is 1090. The number of carbonyl (C=O) groups is 1. The van der Waals surface area contributed by atoms with Crippen LogP contribution in [0.15, 0.2) is 48.5 Å². The van der Waals surface area contributed by atoms with Gasteiger partial charge in [0.25, 0.3) is 0 Å². The molecule has 1 amide bonds. The van der Waals surface area contributed by atoms with Gasteiger partial charge in [-0.2, -0.15) is 0 Å². The Morgan fingerprint density at radius 3 is 2.69 bits per heavy atom. The molecule has 1 atom stereocenters. The van der Waals surface area contributed by atoms with Gasteiger partial charge in [-0.3, -0.25) is 9.69 Å². The highest BCUT2D eigenvalue weighted by Crippen LogP contribution is 2.36. The minimum absolute atomic E-state index is 0.0736. The zero-order chi connectivity index (χ0) is 21.9. The van der Waals surface area contributed by atoms with Crippen LogP contribution in [0, 0.1) is 5.82 Å². The molecule has 5 rings (SSSR count). The van der Waals surface area contributed by atoms with Crippen LogP contribution in [0.5, 0.6) is 0 Å². The first-order chi connectivity index (χ1) is 15.7. The number of para-hydroxylation sites is 2. The number of H-pyrrole nitrogens is 1. The van der Waals surface area contributed by atoms with Crippen LogP contribution in [-0.2, 0) is 11.2 Å². The number of rotatable bonds is 6. The molecule has 1 aliphatic heterocycles. The zero-order valence-electron chi connectivity index (χ0n) is 18.4. The summed E-state index contributed by atoms with van der Waals surface area (Å²) in [7, 11) is 0. The van der Waals surface area contributed by atoms with Crippen molar-refractivity contribution in [2.45, 2.75) is 31.6 Å². The number of aryl methyl sites for hydroxylation is 1. The fourth-order valence-electron chi connectivity index (χ4n) is 5.24. The van der Waals surface area contributed by atoms with E-state index in [4.69, 9.17) is 0 Å². The summed E-state index contributed by atoms with van der Waals surface area (Å²) >= 11 is 0. The number of nitrogens with one attached hydrogen (secondary N) is 2. The van der Waals surface area contributed by atoms with Crippen molar-refractivity contribution in [1.82, 2.24) is 15.2 Å².